The van der Waals surface area contributed by atoms with Gasteiger partial charge in [0.25, 0.3) is 10.0 Å². The number of nitrogens with one attached hydrogen (secondary N) is 2. The van der Waals surface area contributed by atoms with Crippen molar-refractivity contribution >= 4 is 27.6 Å². The highest BCUT2D eigenvalue weighted by Gasteiger charge is 2.20. The molecular weight excluding hydrogens is 324 g/mol. The summed E-state index contributed by atoms with van der Waals surface area (Å²) >= 11 is 0. The molecule has 2 rings (SSSR count). The molecule has 1 aromatic carbocycles. The van der Waals surface area contributed by atoms with Crippen molar-refractivity contribution in [1.82, 2.24) is 10.2 Å². The Balaban J connectivity index is 2.18. The Morgan fingerprint density at radius 3 is 2.52 bits per heavy atom. The Morgan fingerprint density at radius 1 is 1.30 bits per heavy atom. The molecule has 10 heteroatoms. The van der Waals surface area contributed by atoms with Crippen LogP contribution in [0, 0.1) is 0 Å². The number of H-pyrrole nitrogens is 1. The average Bonchev–Trinajstić information content (AvgIpc) is 2.98. The van der Waals surface area contributed by atoms with Crippen molar-refractivity contribution < 1.29 is 22.7 Å². The summed E-state index contributed by atoms with van der Waals surface area (Å²) < 4.78 is 31.4. The number of carbonyl (C=O) groups excluding carboxylic acids is 2. The highest BCUT2D eigenvalue weighted by molar-refractivity contribution is 7.92. The first kappa shape index (κ1) is 16.5. The number of nitrogens with two attached hydrogens (primary N) is 1. The Bertz CT molecular complexity index is 826. The second-order valence-corrected chi connectivity index (χ2v) is 6.04. The number of esters is 1. The first-order chi connectivity index (χ1) is 10.8. The van der Waals surface area contributed by atoms with Crippen molar-refractivity contribution in [2.75, 3.05) is 11.3 Å². The number of sulfonamides is 1. The fourth-order valence-electron chi connectivity index (χ4n) is 1.66. The van der Waals surface area contributed by atoms with E-state index in [-0.39, 0.29) is 28.6 Å². The normalized spacial score (nSPS) is 11.0. The van der Waals surface area contributed by atoms with Gasteiger partial charge in [-0.25, -0.2) is 4.79 Å². The molecule has 4 N–H and O–H groups in total. The number of carbonyl (C=O) groups is 2. The fraction of sp³-hybridized carbons (Fsp3) is 0.154. The molecule has 1 heterocycles. The Labute approximate surface area is 131 Å². The number of rotatable bonds is 6. The molecule has 1 amide bonds. The third kappa shape index (κ3) is 3.86. The van der Waals surface area contributed by atoms with Crippen molar-refractivity contribution in [3.63, 3.8) is 0 Å². The first-order valence-electron chi connectivity index (χ1n) is 6.48. The maximum Gasteiger partial charge on any atom is 0.358 e. The number of primary amides is 1. The number of ether oxygens (including phenoxy) is 1. The van der Waals surface area contributed by atoms with Crippen LogP contribution in [0.5, 0.6) is 0 Å². The van der Waals surface area contributed by atoms with Gasteiger partial charge in [-0.3, -0.25) is 14.6 Å². The second-order valence-electron chi connectivity index (χ2n) is 4.39. The van der Waals surface area contributed by atoms with Gasteiger partial charge >= 0.3 is 5.97 Å². The summed E-state index contributed by atoms with van der Waals surface area (Å²) in [6.07, 6.45) is 0. The van der Waals surface area contributed by atoms with Crippen molar-refractivity contribution in [1.29, 1.82) is 0 Å². The zero-order valence-electron chi connectivity index (χ0n) is 12.1. The van der Waals surface area contributed by atoms with Crippen molar-refractivity contribution in [3.8, 4) is 0 Å². The molecule has 0 aliphatic carbocycles. The lowest BCUT2D eigenvalue weighted by Crippen LogP contribution is -2.14. The number of amides is 1. The molecule has 0 aliphatic rings. The second kappa shape index (κ2) is 6.48. The van der Waals surface area contributed by atoms with Crippen LogP contribution in [-0.4, -0.2) is 37.1 Å². The minimum Gasteiger partial charge on any atom is -0.461 e. The van der Waals surface area contributed by atoms with Gasteiger partial charge in [-0.2, -0.15) is 13.5 Å². The monoisotopic (exact) mass is 338 g/mol. The molecule has 0 atom stereocenters. The van der Waals surface area contributed by atoms with Gasteiger partial charge in [0.1, 0.15) is 0 Å². The Morgan fingerprint density at radius 2 is 1.96 bits per heavy atom. The molecule has 0 radical (unpaired) electrons. The lowest BCUT2D eigenvalue weighted by molar-refractivity contribution is 0.0519. The summed E-state index contributed by atoms with van der Waals surface area (Å²) in [6.45, 7) is 1.78. The maximum atomic E-state index is 12.2. The summed E-state index contributed by atoms with van der Waals surface area (Å²) in [6, 6.07) is 6.62. The molecule has 0 spiro atoms. The summed E-state index contributed by atoms with van der Waals surface area (Å²) in [5.41, 5.74) is 5.43. The predicted molar refractivity (Wildman–Crippen MR) is 80.3 cm³/mol. The molecule has 0 fully saturated rings. The molecule has 0 saturated heterocycles. The van der Waals surface area contributed by atoms with Crippen LogP contribution in [0.3, 0.4) is 0 Å². The molecule has 0 bridgehead atoms. The fourth-order valence-corrected chi connectivity index (χ4v) is 2.65. The summed E-state index contributed by atoms with van der Waals surface area (Å²) in [5, 5.41) is 5.57. The SMILES string of the molecule is CCOC(=O)c1cc(S(=O)(=O)Nc2ccc(C(N)=O)cc2)[nH]n1. The topological polar surface area (TPSA) is 144 Å². The highest BCUT2D eigenvalue weighted by Crippen LogP contribution is 2.16. The van der Waals surface area contributed by atoms with E-state index in [1.807, 2.05) is 0 Å². The van der Waals surface area contributed by atoms with Crippen LogP contribution in [0.2, 0.25) is 0 Å². The van der Waals surface area contributed by atoms with Gasteiger partial charge in [-0.15, -0.1) is 0 Å². The summed E-state index contributed by atoms with van der Waals surface area (Å²) in [7, 11) is -3.97. The van der Waals surface area contributed by atoms with Gasteiger partial charge in [0.2, 0.25) is 5.91 Å². The smallest absolute Gasteiger partial charge is 0.358 e. The van der Waals surface area contributed by atoms with E-state index in [1.165, 1.54) is 24.3 Å². The molecule has 0 saturated carbocycles. The van der Waals surface area contributed by atoms with Crippen LogP contribution in [-0.2, 0) is 14.8 Å². The minimum atomic E-state index is -3.97. The third-order valence-corrected chi connectivity index (χ3v) is 4.04. The first-order valence-corrected chi connectivity index (χ1v) is 7.97. The lowest BCUT2D eigenvalue weighted by Gasteiger charge is -2.06. The quantitative estimate of drug-likeness (QED) is 0.654. The minimum absolute atomic E-state index is 0.142. The van der Waals surface area contributed by atoms with Gasteiger partial charge in [0.15, 0.2) is 10.7 Å². The highest BCUT2D eigenvalue weighted by atomic mass is 32.2. The van der Waals surface area contributed by atoms with E-state index in [2.05, 4.69) is 14.9 Å². The van der Waals surface area contributed by atoms with E-state index in [1.54, 1.807) is 6.92 Å². The molecule has 23 heavy (non-hydrogen) atoms. The van der Waals surface area contributed by atoms with Gasteiger partial charge in [0.05, 0.1) is 6.61 Å². The van der Waals surface area contributed by atoms with Crippen LogP contribution in [0.15, 0.2) is 35.4 Å². The predicted octanol–water partition coefficient (Wildman–Crippen LogP) is 0.486. The van der Waals surface area contributed by atoms with Crippen LogP contribution < -0.4 is 10.5 Å². The molecular formula is C13H14N4O5S. The van der Waals surface area contributed by atoms with Gasteiger partial charge in [-0.1, -0.05) is 0 Å². The van der Waals surface area contributed by atoms with Crippen LogP contribution >= 0.6 is 0 Å². The molecule has 122 valence electrons. The molecule has 1 aromatic heterocycles. The van der Waals surface area contributed by atoms with Gasteiger partial charge in [0, 0.05) is 17.3 Å². The zero-order chi connectivity index (χ0) is 17.0. The third-order valence-electron chi connectivity index (χ3n) is 2.75. The zero-order valence-corrected chi connectivity index (χ0v) is 12.9. The van der Waals surface area contributed by atoms with Crippen molar-refractivity contribution in [2.24, 2.45) is 5.73 Å². The van der Waals surface area contributed by atoms with Gasteiger partial charge < -0.3 is 10.5 Å². The van der Waals surface area contributed by atoms with E-state index in [0.29, 0.717) is 0 Å². The summed E-state index contributed by atoms with van der Waals surface area (Å²) in [5.74, 6) is -1.34. The van der Waals surface area contributed by atoms with E-state index in [9.17, 15) is 18.0 Å². The number of hydrogen-bond acceptors (Lipinski definition) is 6. The molecule has 0 aliphatic heterocycles. The van der Waals surface area contributed by atoms with Crippen LogP contribution in [0.1, 0.15) is 27.8 Å². The Hall–Kier alpha value is -2.88. The lowest BCUT2D eigenvalue weighted by atomic mass is 10.2. The number of aromatic nitrogens is 2. The standard InChI is InChI=1S/C13H14N4O5S/c1-2-22-13(19)10-7-11(16-15-10)23(20,21)17-9-5-3-8(4-6-9)12(14)18/h3-7,17H,2H2,1H3,(H2,14,18)(H,15,16). The number of hydrogen-bond donors (Lipinski definition) is 3. The Kier molecular flexibility index (Phi) is 4.65. The number of benzene rings is 1. The molecule has 9 nitrogen and oxygen atoms in total. The largest absolute Gasteiger partial charge is 0.461 e. The van der Waals surface area contributed by atoms with Crippen molar-refractivity contribution in [3.05, 3.63) is 41.6 Å². The van der Waals surface area contributed by atoms with Crippen LogP contribution in [0.25, 0.3) is 0 Å². The van der Waals surface area contributed by atoms with Gasteiger partial charge in [-0.05, 0) is 31.2 Å². The van der Waals surface area contributed by atoms with Crippen LogP contribution in [0.4, 0.5) is 5.69 Å². The molecule has 0 unspecified atom stereocenters. The molecule has 2 aromatic rings. The summed E-state index contributed by atoms with van der Waals surface area (Å²) in [4.78, 5) is 22.4. The van der Waals surface area contributed by atoms with E-state index < -0.39 is 21.9 Å². The number of aromatic amines is 1. The maximum absolute atomic E-state index is 12.2. The van der Waals surface area contributed by atoms with E-state index >= 15 is 0 Å². The van der Waals surface area contributed by atoms with E-state index in [4.69, 9.17) is 10.5 Å². The average molecular weight is 338 g/mol. The number of nitrogens with zero attached hydrogens (tertiary/aromatic N) is 1. The van der Waals surface area contributed by atoms with E-state index in [0.717, 1.165) is 6.07 Å². The van der Waals surface area contributed by atoms with Crippen molar-refractivity contribution in [2.45, 2.75) is 11.9 Å². The number of anilines is 1.